The van der Waals surface area contributed by atoms with Gasteiger partial charge in [-0.1, -0.05) is 11.6 Å². The average Bonchev–Trinajstić information content (AvgIpc) is 2.45. The minimum Gasteiger partial charge on any atom is -0.334 e. The molecular formula is C7H5Cl2N3O2S. The lowest BCUT2D eigenvalue weighted by molar-refractivity contribution is 0.610. The maximum Gasteiger partial charge on any atom is 0.263 e. The Morgan fingerprint density at radius 1 is 1.40 bits per heavy atom. The summed E-state index contributed by atoms with van der Waals surface area (Å²) in [5.74, 6) is 0. The fourth-order valence-electron chi connectivity index (χ4n) is 1.32. The first kappa shape index (κ1) is 10.7. The van der Waals surface area contributed by atoms with Crippen LogP contribution in [0.1, 0.15) is 0 Å². The van der Waals surface area contributed by atoms with Gasteiger partial charge >= 0.3 is 0 Å². The number of nitrogens with zero attached hydrogens (tertiary/aromatic N) is 3. The number of fused-ring (bicyclic) bond motifs is 1. The molecule has 0 amide bonds. The van der Waals surface area contributed by atoms with Gasteiger partial charge in [0.15, 0.2) is 0 Å². The third-order valence-electron chi connectivity index (χ3n) is 1.94. The van der Waals surface area contributed by atoms with Gasteiger partial charge in [0.05, 0.1) is 5.39 Å². The number of aromatic nitrogens is 3. The molecule has 0 aromatic carbocycles. The first-order chi connectivity index (χ1) is 6.91. The van der Waals surface area contributed by atoms with E-state index in [0.717, 1.165) is 0 Å². The smallest absolute Gasteiger partial charge is 0.263 e. The summed E-state index contributed by atoms with van der Waals surface area (Å²) in [5.41, 5.74) is 0.425. The molecule has 0 fully saturated rings. The van der Waals surface area contributed by atoms with Crippen molar-refractivity contribution >= 4 is 42.4 Å². The Kier molecular flexibility index (Phi) is 2.37. The predicted octanol–water partition coefficient (Wildman–Crippen LogP) is 1.55. The second kappa shape index (κ2) is 3.33. The van der Waals surface area contributed by atoms with Crippen LogP contribution >= 0.6 is 22.3 Å². The first-order valence-corrected chi connectivity index (χ1v) is 6.50. The number of rotatable bonds is 1. The largest absolute Gasteiger partial charge is 0.334 e. The Morgan fingerprint density at radius 2 is 2.07 bits per heavy atom. The van der Waals surface area contributed by atoms with E-state index in [4.69, 9.17) is 22.3 Å². The molecule has 0 saturated carbocycles. The van der Waals surface area contributed by atoms with E-state index in [2.05, 4.69) is 9.97 Å². The number of halogens is 2. The molecule has 2 rings (SSSR count). The summed E-state index contributed by atoms with van der Waals surface area (Å²) >= 11 is 5.79. The Balaban J connectivity index is 3.01. The fraction of sp³-hybridized carbons (Fsp3) is 0.143. The minimum absolute atomic E-state index is 0.0693. The molecular weight excluding hydrogens is 261 g/mol. The van der Waals surface area contributed by atoms with Crippen molar-refractivity contribution in [3.63, 3.8) is 0 Å². The molecule has 0 atom stereocenters. The third-order valence-corrected chi connectivity index (χ3v) is 3.56. The van der Waals surface area contributed by atoms with Crippen LogP contribution < -0.4 is 0 Å². The standard InChI is InChI=1S/C7H5Cl2N3O2S/c1-12-2-4(15(9,13)14)5-6(8)10-3-11-7(5)12/h2-3H,1H3. The Morgan fingerprint density at radius 3 is 2.67 bits per heavy atom. The van der Waals surface area contributed by atoms with Gasteiger partial charge in [-0.25, -0.2) is 18.4 Å². The molecule has 0 radical (unpaired) electrons. The quantitative estimate of drug-likeness (QED) is 0.580. The highest BCUT2D eigenvalue weighted by Crippen LogP contribution is 2.30. The van der Waals surface area contributed by atoms with E-state index in [1.165, 1.54) is 17.1 Å². The van der Waals surface area contributed by atoms with Crippen molar-refractivity contribution in [2.24, 2.45) is 7.05 Å². The highest BCUT2D eigenvalue weighted by atomic mass is 35.7. The maximum atomic E-state index is 11.3. The lowest BCUT2D eigenvalue weighted by Crippen LogP contribution is -1.90. The van der Waals surface area contributed by atoms with Crippen LogP contribution in [0.25, 0.3) is 11.0 Å². The summed E-state index contributed by atoms with van der Waals surface area (Å²) in [6.45, 7) is 0. The molecule has 8 heteroatoms. The van der Waals surface area contributed by atoms with Gasteiger partial charge < -0.3 is 4.57 Å². The van der Waals surface area contributed by atoms with Crippen molar-refractivity contribution in [3.8, 4) is 0 Å². The molecule has 0 bridgehead atoms. The van der Waals surface area contributed by atoms with Crippen molar-refractivity contribution in [3.05, 3.63) is 17.7 Å². The zero-order valence-corrected chi connectivity index (χ0v) is 9.81. The molecule has 5 nitrogen and oxygen atoms in total. The second-order valence-electron chi connectivity index (χ2n) is 2.91. The topological polar surface area (TPSA) is 64.8 Å². The van der Waals surface area contributed by atoms with Crippen LogP contribution in [0.3, 0.4) is 0 Å². The van der Waals surface area contributed by atoms with Crippen molar-refractivity contribution in [1.82, 2.24) is 14.5 Å². The van der Waals surface area contributed by atoms with Gasteiger partial charge in [0.2, 0.25) is 0 Å². The molecule has 0 unspecified atom stereocenters. The molecule has 2 aromatic rings. The molecule has 0 spiro atoms. The first-order valence-electron chi connectivity index (χ1n) is 3.81. The second-order valence-corrected chi connectivity index (χ2v) is 5.80. The molecule has 80 valence electrons. The highest BCUT2D eigenvalue weighted by Gasteiger charge is 2.21. The minimum atomic E-state index is -3.84. The third kappa shape index (κ3) is 1.68. The molecule has 0 aliphatic heterocycles. The summed E-state index contributed by atoms with van der Waals surface area (Å²) in [5, 5.41) is 0.316. The Bertz CT molecular complexity index is 635. The Hall–Kier alpha value is -0.850. The normalized spacial score (nSPS) is 12.2. The average molecular weight is 266 g/mol. The van der Waals surface area contributed by atoms with Crippen LogP contribution in [-0.2, 0) is 16.1 Å². The van der Waals surface area contributed by atoms with Crippen molar-refractivity contribution in [1.29, 1.82) is 0 Å². The van der Waals surface area contributed by atoms with Crippen LogP contribution in [-0.4, -0.2) is 23.0 Å². The number of aryl methyl sites for hydroxylation is 1. The van der Waals surface area contributed by atoms with Gasteiger partial charge in [0, 0.05) is 23.9 Å². The van der Waals surface area contributed by atoms with Crippen LogP contribution in [0.4, 0.5) is 0 Å². The fourth-order valence-corrected chi connectivity index (χ4v) is 2.67. The molecule has 2 heterocycles. The van der Waals surface area contributed by atoms with Gasteiger partial charge in [0.25, 0.3) is 9.05 Å². The van der Waals surface area contributed by atoms with E-state index >= 15 is 0 Å². The zero-order valence-electron chi connectivity index (χ0n) is 7.48. The lowest BCUT2D eigenvalue weighted by Gasteiger charge is -1.95. The van der Waals surface area contributed by atoms with Crippen molar-refractivity contribution in [2.45, 2.75) is 4.90 Å². The summed E-state index contributed by atoms with van der Waals surface area (Å²) < 4.78 is 24.0. The molecule has 0 saturated heterocycles. The van der Waals surface area contributed by atoms with E-state index in [9.17, 15) is 8.42 Å². The summed E-state index contributed by atoms with van der Waals surface area (Å²) in [7, 11) is 3.07. The van der Waals surface area contributed by atoms with E-state index in [1.54, 1.807) is 7.05 Å². The van der Waals surface area contributed by atoms with Crippen LogP contribution in [0.2, 0.25) is 5.15 Å². The van der Waals surface area contributed by atoms with Crippen LogP contribution in [0.5, 0.6) is 0 Å². The molecule has 2 aromatic heterocycles. The van der Waals surface area contributed by atoms with Crippen molar-refractivity contribution in [2.75, 3.05) is 0 Å². The highest BCUT2D eigenvalue weighted by molar-refractivity contribution is 8.14. The van der Waals surface area contributed by atoms with E-state index < -0.39 is 9.05 Å². The zero-order chi connectivity index (χ0) is 11.2. The molecule has 0 N–H and O–H groups in total. The van der Waals surface area contributed by atoms with Crippen molar-refractivity contribution < 1.29 is 8.42 Å². The lowest BCUT2D eigenvalue weighted by atomic mass is 10.4. The van der Waals surface area contributed by atoms with E-state index in [-0.39, 0.29) is 15.4 Å². The number of hydrogen-bond acceptors (Lipinski definition) is 4. The summed E-state index contributed by atoms with van der Waals surface area (Å²) in [6, 6.07) is 0. The Labute approximate surface area is 95.1 Å². The van der Waals surface area contributed by atoms with Gasteiger partial charge in [-0.2, -0.15) is 0 Å². The SMILES string of the molecule is Cn1cc(S(=O)(=O)Cl)c2c(Cl)ncnc21. The van der Waals surface area contributed by atoms with Crippen LogP contribution in [0.15, 0.2) is 17.4 Å². The van der Waals surface area contributed by atoms with Gasteiger partial charge in [-0.05, 0) is 0 Å². The van der Waals surface area contributed by atoms with Gasteiger partial charge in [0.1, 0.15) is 22.0 Å². The maximum absolute atomic E-state index is 11.3. The monoisotopic (exact) mass is 265 g/mol. The molecule has 0 aliphatic carbocycles. The molecule has 15 heavy (non-hydrogen) atoms. The molecule has 0 aliphatic rings. The number of hydrogen-bond donors (Lipinski definition) is 0. The van der Waals surface area contributed by atoms with E-state index in [1.807, 2.05) is 0 Å². The van der Waals surface area contributed by atoms with Gasteiger partial charge in [-0.15, -0.1) is 0 Å². The van der Waals surface area contributed by atoms with E-state index in [0.29, 0.717) is 5.65 Å². The van der Waals surface area contributed by atoms with Crippen LogP contribution in [0, 0.1) is 0 Å². The predicted molar refractivity (Wildman–Crippen MR) is 56.6 cm³/mol. The van der Waals surface area contributed by atoms with Gasteiger partial charge in [-0.3, -0.25) is 0 Å². The summed E-state index contributed by atoms with van der Waals surface area (Å²) in [6.07, 6.45) is 2.61. The summed E-state index contributed by atoms with van der Waals surface area (Å²) in [4.78, 5) is 7.56.